The minimum Gasteiger partial charge on any atom is -0.457 e. The molecule has 0 spiro atoms. The number of furan rings is 1. The molecule has 2 heterocycles. The average Bonchev–Trinajstić information content (AvgIpc) is 2.63. The number of anilines is 1. The molecule has 0 unspecified atom stereocenters. The van der Waals surface area contributed by atoms with Crippen molar-refractivity contribution < 1.29 is 4.42 Å². The predicted octanol–water partition coefficient (Wildman–Crippen LogP) is -0.113. The maximum absolute atomic E-state index is 11.4. The Balaban J connectivity index is 2.43. The number of hydrogen-bond donors (Lipinski definition) is 3. The van der Waals surface area contributed by atoms with Gasteiger partial charge >= 0.3 is 0 Å². The number of H-pyrrole nitrogens is 1. The van der Waals surface area contributed by atoms with Crippen LogP contribution in [0.5, 0.6) is 0 Å². The van der Waals surface area contributed by atoms with E-state index < -0.39 is 0 Å². The molecule has 0 aliphatic carbocycles. The first-order valence-electron chi connectivity index (χ1n) is 4.22. The molecule has 14 heavy (non-hydrogen) atoms. The summed E-state index contributed by atoms with van der Waals surface area (Å²) >= 11 is 0. The summed E-state index contributed by atoms with van der Waals surface area (Å²) in [5.74, 6) is 0.411. The standard InChI is InChI=1S/C8H10N4O2/c9-2-3-10-8-11-5-1-4-14-6(5)7(13)12-8/h1,4H,2-3,9H2,(H2,10,11,12,13). The van der Waals surface area contributed by atoms with Gasteiger partial charge < -0.3 is 15.5 Å². The van der Waals surface area contributed by atoms with Gasteiger partial charge in [-0.1, -0.05) is 0 Å². The van der Waals surface area contributed by atoms with E-state index in [4.69, 9.17) is 10.2 Å². The summed E-state index contributed by atoms with van der Waals surface area (Å²) in [4.78, 5) is 18.0. The van der Waals surface area contributed by atoms with Crippen LogP contribution in [0.25, 0.3) is 11.1 Å². The number of nitrogens with one attached hydrogen (secondary N) is 2. The van der Waals surface area contributed by atoms with E-state index in [9.17, 15) is 4.79 Å². The van der Waals surface area contributed by atoms with Gasteiger partial charge in [-0.2, -0.15) is 0 Å². The highest BCUT2D eigenvalue weighted by molar-refractivity contribution is 5.72. The topological polar surface area (TPSA) is 96.9 Å². The molecule has 0 aromatic carbocycles. The quantitative estimate of drug-likeness (QED) is 0.633. The molecular formula is C8H10N4O2. The number of hydrogen-bond acceptors (Lipinski definition) is 5. The molecule has 0 bridgehead atoms. The SMILES string of the molecule is NCCNc1nc2ccoc2c(=O)[nH]1. The number of rotatable bonds is 3. The number of fused-ring (bicyclic) bond motifs is 1. The maximum Gasteiger partial charge on any atom is 0.295 e. The second-order valence-corrected chi connectivity index (χ2v) is 2.76. The van der Waals surface area contributed by atoms with Gasteiger partial charge in [0.25, 0.3) is 5.56 Å². The molecular weight excluding hydrogens is 184 g/mol. The second-order valence-electron chi connectivity index (χ2n) is 2.76. The molecule has 0 saturated carbocycles. The van der Waals surface area contributed by atoms with Crippen LogP contribution in [0.3, 0.4) is 0 Å². The van der Waals surface area contributed by atoms with Gasteiger partial charge in [-0.15, -0.1) is 0 Å². The lowest BCUT2D eigenvalue weighted by Gasteiger charge is -2.01. The van der Waals surface area contributed by atoms with E-state index in [1.807, 2.05) is 0 Å². The molecule has 6 heteroatoms. The lowest BCUT2D eigenvalue weighted by molar-refractivity contribution is 0.610. The third-order valence-electron chi connectivity index (χ3n) is 1.75. The number of nitrogens with two attached hydrogens (primary N) is 1. The molecule has 0 amide bonds. The van der Waals surface area contributed by atoms with Gasteiger partial charge in [0.2, 0.25) is 11.5 Å². The number of aromatic amines is 1. The van der Waals surface area contributed by atoms with Crippen LogP contribution in [0.4, 0.5) is 5.95 Å². The van der Waals surface area contributed by atoms with Crippen molar-refractivity contribution in [1.82, 2.24) is 9.97 Å². The van der Waals surface area contributed by atoms with Gasteiger partial charge in [-0.25, -0.2) is 4.98 Å². The fourth-order valence-corrected chi connectivity index (χ4v) is 1.15. The van der Waals surface area contributed by atoms with Gasteiger partial charge in [0.05, 0.1) is 6.26 Å². The normalized spacial score (nSPS) is 10.6. The van der Waals surface area contributed by atoms with E-state index in [-0.39, 0.29) is 11.1 Å². The zero-order valence-electron chi connectivity index (χ0n) is 7.41. The van der Waals surface area contributed by atoms with Crippen LogP contribution in [0.2, 0.25) is 0 Å². The summed E-state index contributed by atoms with van der Waals surface area (Å²) in [6, 6.07) is 1.64. The first-order valence-corrected chi connectivity index (χ1v) is 4.22. The van der Waals surface area contributed by atoms with Crippen LogP contribution in [0.1, 0.15) is 0 Å². The Labute approximate surface area is 79.1 Å². The summed E-state index contributed by atoms with van der Waals surface area (Å²) in [5, 5.41) is 2.88. The van der Waals surface area contributed by atoms with Crippen molar-refractivity contribution in [3.8, 4) is 0 Å². The lowest BCUT2D eigenvalue weighted by Crippen LogP contribution is -2.17. The van der Waals surface area contributed by atoms with Gasteiger partial charge in [0, 0.05) is 19.2 Å². The smallest absolute Gasteiger partial charge is 0.295 e. The van der Waals surface area contributed by atoms with Crippen molar-refractivity contribution in [3.05, 3.63) is 22.7 Å². The Hall–Kier alpha value is -1.82. The second kappa shape index (κ2) is 3.51. The van der Waals surface area contributed by atoms with Crippen LogP contribution < -0.4 is 16.6 Å². The molecule has 6 nitrogen and oxygen atoms in total. The largest absolute Gasteiger partial charge is 0.457 e. The van der Waals surface area contributed by atoms with Crippen molar-refractivity contribution >= 4 is 17.0 Å². The van der Waals surface area contributed by atoms with Gasteiger partial charge in [0.15, 0.2) is 0 Å². The first kappa shape index (κ1) is 8.76. The molecule has 0 atom stereocenters. The Morgan fingerprint density at radius 2 is 2.50 bits per heavy atom. The summed E-state index contributed by atoms with van der Waals surface area (Å²) in [5.41, 5.74) is 5.79. The van der Waals surface area contributed by atoms with Crippen LogP contribution in [-0.2, 0) is 0 Å². The van der Waals surface area contributed by atoms with E-state index >= 15 is 0 Å². The van der Waals surface area contributed by atoms with Gasteiger partial charge in [-0.3, -0.25) is 9.78 Å². The monoisotopic (exact) mass is 194 g/mol. The van der Waals surface area contributed by atoms with E-state index in [1.165, 1.54) is 6.26 Å². The molecule has 0 fully saturated rings. The Bertz CT molecular complexity index is 487. The molecule has 0 radical (unpaired) electrons. The molecule has 0 aliphatic rings. The van der Waals surface area contributed by atoms with Crippen LogP contribution >= 0.6 is 0 Å². The summed E-state index contributed by atoms with van der Waals surface area (Å²) in [6.07, 6.45) is 1.43. The first-order chi connectivity index (χ1) is 6.81. The minimum absolute atomic E-state index is 0.239. The lowest BCUT2D eigenvalue weighted by atomic mass is 10.5. The minimum atomic E-state index is -0.292. The summed E-state index contributed by atoms with van der Waals surface area (Å²) in [6.45, 7) is 1.04. The summed E-state index contributed by atoms with van der Waals surface area (Å²) in [7, 11) is 0. The van der Waals surface area contributed by atoms with Crippen molar-refractivity contribution in [2.75, 3.05) is 18.4 Å². The average molecular weight is 194 g/mol. The van der Waals surface area contributed by atoms with Crippen molar-refractivity contribution in [1.29, 1.82) is 0 Å². The third kappa shape index (κ3) is 1.47. The predicted molar refractivity (Wildman–Crippen MR) is 52.2 cm³/mol. The zero-order chi connectivity index (χ0) is 9.97. The Kier molecular flexibility index (Phi) is 2.19. The maximum atomic E-state index is 11.4. The van der Waals surface area contributed by atoms with E-state index in [2.05, 4.69) is 15.3 Å². The van der Waals surface area contributed by atoms with Crippen molar-refractivity contribution in [2.45, 2.75) is 0 Å². The Morgan fingerprint density at radius 3 is 3.29 bits per heavy atom. The van der Waals surface area contributed by atoms with Crippen LogP contribution in [-0.4, -0.2) is 23.1 Å². The van der Waals surface area contributed by atoms with Crippen molar-refractivity contribution in [3.63, 3.8) is 0 Å². The Morgan fingerprint density at radius 1 is 1.64 bits per heavy atom. The molecule has 2 rings (SSSR count). The highest BCUT2D eigenvalue weighted by Crippen LogP contribution is 2.08. The van der Waals surface area contributed by atoms with E-state index in [1.54, 1.807) is 6.07 Å². The molecule has 0 saturated heterocycles. The van der Waals surface area contributed by atoms with Crippen LogP contribution in [0.15, 0.2) is 21.5 Å². The molecule has 2 aromatic rings. The summed E-state index contributed by atoms with van der Waals surface area (Å²) < 4.78 is 4.95. The van der Waals surface area contributed by atoms with E-state index in [0.29, 0.717) is 24.6 Å². The highest BCUT2D eigenvalue weighted by atomic mass is 16.3. The van der Waals surface area contributed by atoms with E-state index in [0.717, 1.165) is 0 Å². The molecule has 0 aliphatic heterocycles. The highest BCUT2D eigenvalue weighted by Gasteiger charge is 2.04. The zero-order valence-corrected chi connectivity index (χ0v) is 7.41. The van der Waals surface area contributed by atoms with Crippen molar-refractivity contribution in [2.24, 2.45) is 5.73 Å². The molecule has 2 aromatic heterocycles. The fraction of sp³-hybridized carbons (Fsp3) is 0.250. The fourth-order valence-electron chi connectivity index (χ4n) is 1.15. The van der Waals surface area contributed by atoms with Gasteiger partial charge in [0.1, 0.15) is 5.52 Å². The number of nitrogens with zero attached hydrogens (tertiary/aromatic N) is 1. The number of aromatic nitrogens is 2. The van der Waals surface area contributed by atoms with Crippen LogP contribution in [0, 0.1) is 0 Å². The molecule has 74 valence electrons. The molecule has 4 N–H and O–H groups in total. The van der Waals surface area contributed by atoms with Gasteiger partial charge in [-0.05, 0) is 0 Å². The third-order valence-corrected chi connectivity index (χ3v) is 1.75.